The Balaban J connectivity index is 2.09. The molecule has 3 rings (SSSR count). The second kappa shape index (κ2) is 10.00. The van der Waals surface area contributed by atoms with Gasteiger partial charge < -0.3 is 9.64 Å². The Hall–Kier alpha value is -3.68. The smallest absolute Gasteiger partial charge is 0.416 e. The van der Waals surface area contributed by atoms with Gasteiger partial charge in [-0.3, -0.25) is 4.79 Å². The number of methoxy groups -OCH3 is 1. The molecule has 1 amide bonds. The van der Waals surface area contributed by atoms with Crippen LogP contribution < -0.4 is 4.74 Å². The molecular formula is C23H19F6N3O4S. The Bertz CT molecular complexity index is 1410. The van der Waals surface area contributed by atoms with Crippen LogP contribution in [0.1, 0.15) is 27.0 Å². The molecule has 3 aromatic rings. The lowest BCUT2D eigenvalue weighted by Gasteiger charge is -2.21. The van der Waals surface area contributed by atoms with Gasteiger partial charge in [0.15, 0.2) is 0 Å². The Morgan fingerprint density at radius 3 is 2.08 bits per heavy atom. The van der Waals surface area contributed by atoms with Gasteiger partial charge in [0.25, 0.3) is 5.91 Å². The Labute approximate surface area is 207 Å². The maximum absolute atomic E-state index is 13.3. The van der Waals surface area contributed by atoms with Crippen molar-refractivity contribution in [1.29, 1.82) is 0 Å². The van der Waals surface area contributed by atoms with Crippen LogP contribution in [0.5, 0.6) is 5.75 Å². The zero-order chi connectivity index (χ0) is 27.8. The molecule has 1 aromatic heterocycles. The minimum absolute atomic E-state index is 0.0111. The number of ether oxygens (including phenoxy) is 1. The summed E-state index contributed by atoms with van der Waals surface area (Å²) in [6.07, 6.45) is -8.32. The summed E-state index contributed by atoms with van der Waals surface area (Å²) in [6.45, 7) is -0.634. The molecule has 7 nitrogen and oxygen atoms in total. The number of sulfone groups is 1. The molecule has 0 aliphatic carbocycles. The van der Waals surface area contributed by atoms with E-state index >= 15 is 0 Å². The fourth-order valence-corrected chi connectivity index (χ4v) is 3.91. The van der Waals surface area contributed by atoms with Crippen LogP contribution in [0.2, 0.25) is 0 Å². The molecule has 0 aliphatic heterocycles. The number of carbonyl (C=O) groups excluding carboxylic acids is 1. The first-order valence-corrected chi connectivity index (χ1v) is 12.2. The monoisotopic (exact) mass is 547 g/mol. The first kappa shape index (κ1) is 27.9. The molecule has 198 valence electrons. The van der Waals surface area contributed by atoms with Gasteiger partial charge in [0.05, 0.1) is 29.5 Å². The summed E-state index contributed by atoms with van der Waals surface area (Å²) in [4.78, 5) is 21.9. The highest BCUT2D eigenvalue weighted by atomic mass is 32.2. The number of hydrogen-bond acceptors (Lipinski definition) is 6. The van der Waals surface area contributed by atoms with Crippen LogP contribution in [0.3, 0.4) is 0 Å². The van der Waals surface area contributed by atoms with E-state index in [9.17, 15) is 39.6 Å². The normalized spacial score (nSPS) is 12.4. The van der Waals surface area contributed by atoms with Crippen molar-refractivity contribution in [1.82, 2.24) is 14.9 Å². The largest absolute Gasteiger partial charge is 0.496 e. The number of para-hydroxylation sites is 1. The number of amides is 1. The lowest BCUT2D eigenvalue weighted by atomic mass is 10.0. The summed E-state index contributed by atoms with van der Waals surface area (Å²) < 4.78 is 109. The molecule has 0 saturated carbocycles. The highest BCUT2D eigenvalue weighted by molar-refractivity contribution is 7.90. The molecule has 0 bridgehead atoms. The lowest BCUT2D eigenvalue weighted by Crippen LogP contribution is -2.28. The Morgan fingerprint density at radius 2 is 1.57 bits per heavy atom. The van der Waals surface area contributed by atoms with Crippen LogP contribution in [0.25, 0.3) is 11.3 Å². The van der Waals surface area contributed by atoms with Crippen molar-refractivity contribution < 1.29 is 44.3 Å². The number of carbonyl (C=O) groups is 1. The number of rotatable bonds is 6. The quantitative estimate of drug-likeness (QED) is 0.323. The van der Waals surface area contributed by atoms with Crippen molar-refractivity contribution >= 4 is 15.7 Å². The minimum Gasteiger partial charge on any atom is -0.496 e. The van der Waals surface area contributed by atoms with E-state index in [2.05, 4.69) is 9.97 Å². The lowest BCUT2D eigenvalue weighted by molar-refractivity contribution is -0.143. The zero-order valence-electron chi connectivity index (χ0n) is 19.5. The molecular weight excluding hydrogens is 528 g/mol. The first-order chi connectivity index (χ1) is 17.0. The fourth-order valence-electron chi connectivity index (χ4n) is 3.41. The van der Waals surface area contributed by atoms with Crippen LogP contribution in [0.15, 0.2) is 53.8 Å². The molecule has 37 heavy (non-hydrogen) atoms. The minimum atomic E-state index is -5.05. The van der Waals surface area contributed by atoms with Crippen LogP contribution in [-0.4, -0.2) is 49.6 Å². The summed E-state index contributed by atoms with van der Waals surface area (Å²) in [7, 11) is -1.41. The summed E-state index contributed by atoms with van der Waals surface area (Å²) in [5.41, 5.74) is -3.65. The van der Waals surface area contributed by atoms with Crippen molar-refractivity contribution in [2.24, 2.45) is 0 Å². The van der Waals surface area contributed by atoms with E-state index < -0.39 is 56.5 Å². The van der Waals surface area contributed by atoms with E-state index in [4.69, 9.17) is 4.74 Å². The third-order valence-corrected chi connectivity index (χ3v) is 5.96. The zero-order valence-corrected chi connectivity index (χ0v) is 20.3. The summed E-state index contributed by atoms with van der Waals surface area (Å²) in [6, 6.07) is 7.22. The maximum Gasteiger partial charge on any atom is 0.416 e. The van der Waals surface area contributed by atoms with Gasteiger partial charge >= 0.3 is 12.4 Å². The number of aromatic nitrogens is 2. The maximum atomic E-state index is 13.3. The van der Waals surface area contributed by atoms with Crippen LogP contribution in [0, 0.1) is 0 Å². The predicted octanol–water partition coefficient (Wildman–Crippen LogP) is 4.87. The van der Waals surface area contributed by atoms with Crippen molar-refractivity contribution in [2.45, 2.75) is 24.1 Å². The number of benzene rings is 2. The molecule has 0 radical (unpaired) electrons. The highest BCUT2D eigenvalue weighted by Crippen LogP contribution is 2.37. The van der Waals surface area contributed by atoms with Gasteiger partial charge in [0, 0.05) is 31.6 Å². The van der Waals surface area contributed by atoms with E-state index in [1.165, 1.54) is 19.2 Å². The number of halogens is 6. The van der Waals surface area contributed by atoms with Gasteiger partial charge in [-0.1, -0.05) is 12.1 Å². The third kappa shape index (κ3) is 6.37. The summed E-state index contributed by atoms with van der Waals surface area (Å²) >= 11 is 0. The van der Waals surface area contributed by atoms with E-state index in [0.29, 0.717) is 12.1 Å². The second-order valence-electron chi connectivity index (χ2n) is 7.96. The van der Waals surface area contributed by atoms with Crippen molar-refractivity contribution in [3.63, 3.8) is 0 Å². The molecule has 2 aromatic carbocycles. The van der Waals surface area contributed by atoms with Crippen molar-refractivity contribution in [3.8, 4) is 17.0 Å². The second-order valence-corrected chi connectivity index (χ2v) is 9.87. The molecule has 0 N–H and O–H groups in total. The molecule has 14 heteroatoms. The molecule has 0 fully saturated rings. The molecule has 1 heterocycles. The van der Waals surface area contributed by atoms with Crippen molar-refractivity contribution in [2.75, 3.05) is 20.4 Å². The number of hydrogen-bond donors (Lipinski definition) is 0. The standard InChI is InChI=1S/C23H19F6N3O4S/c1-32(12-13-8-14(22(24,25)26)10-15(9-13)23(27,28)29)20(33)17-11-30-21(37(3,34)35)31-19(17)16-6-4-5-7-18(16)36-2/h4-11H,12H2,1-3H3. The molecule has 0 atom stereocenters. The average Bonchev–Trinajstić information content (AvgIpc) is 2.81. The van der Waals surface area contributed by atoms with Crippen molar-refractivity contribution in [3.05, 3.63) is 70.9 Å². The molecule has 0 spiro atoms. The number of nitrogens with zero attached hydrogens (tertiary/aromatic N) is 3. The van der Waals surface area contributed by atoms with E-state index in [-0.39, 0.29) is 28.6 Å². The van der Waals surface area contributed by atoms with Gasteiger partial charge in [0.1, 0.15) is 5.75 Å². The first-order valence-electron chi connectivity index (χ1n) is 10.3. The van der Waals surface area contributed by atoms with Gasteiger partial charge in [-0.2, -0.15) is 26.3 Å². The van der Waals surface area contributed by atoms with Gasteiger partial charge in [-0.15, -0.1) is 0 Å². The van der Waals surface area contributed by atoms with Crippen LogP contribution >= 0.6 is 0 Å². The Kier molecular flexibility index (Phi) is 7.54. The van der Waals surface area contributed by atoms with E-state index in [1.807, 2.05) is 0 Å². The van der Waals surface area contributed by atoms with Gasteiger partial charge in [-0.05, 0) is 35.9 Å². The van der Waals surface area contributed by atoms with Crippen LogP contribution in [-0.2, 0) is 28.7 Å². The summed E-state index contributed by atoms with van der Waals surface area (Å²) in [5.74, 6) is -0.656. The van der Waals surface area contributed by atoms with Gasteiger partial charge in [-0.25, -0.2) is 18.4 Å². The molecule has 0 aliphatic rings. The SMILES string of the molecule is COc1ccccc1-c1nc(S(C)(=O)=O)ncc1C(=O)N(C)Cc1cc(C(F)(F)F)cc(C(F)(F)F)c1. The fraction of sp³-hybridized carbons (Fsp3) is 0.261. The Morgan fingerprint density at radius 1 is 1.00 bits per heavy atom. The van der Waals surface area contributed by atoms with E-state index in [1.54, 1.807) is 12.1 Å². The predicted molar refractivity (Wildman–Crippen MR) is 119 cm³/mol. The van der Waals surface area contributed by atoms with E-state index in [0.717, 1.165) is 24.4 Å². The molecule has 0 saturated heterocycles. The highest BCUT2D eigenvalue weighted by Gasteiger charge is 2.37. The summed E-state index contributed by atoms with van der Waals surface area (Å²) in [5, 5.41) is -0.597. The average molecular weight is 547 g/mol. The third-order valence-electron chi connectivity index (χ3n) is 5.10. The molecule has 0 unspecified atom stereocenters. The topological polar surface area (TPSA) is 89.5 Å². The van der Waals surface area contributed by atoms with Gasteiger partial charge in [0.2, 0.25) is 15.0 Å². The van der Waals surface area contributed by atoms with Crippen LogP contribution in [0.4, 0.5) is 26.3 Å². The number of alkyl halides is 6.